The van der Waals surface area contributed by atoms with E-state index in [0.29, 0.717) is 16.8 Å². The summed E-state index contributed by atoms with van der Waals surface area (Å²) in [5.41, 5.74) is 1.94. The lowest BCUT2D eigenvalue weighted by Crippen LogP contribution is -2.25. The average Bonchev–Trinajstić information content (AvgIpc) is 3.02. The number of fused-ring (bicyclic) bond motifs is 3. The van der Waals surface area contributed by atoms with Crippen molar-refractivity contribution < 1.29 is 9.53 Å². The molecule has 0 aliphatic carbocycles. The summed E-state index contributed by atoms with van der Waals surface area (Å²) in [4.78, 5) is 25.8. The number of carbonyl (C=O) groups excluding carboxylic acids is 1. The van der Waals surface area contributed by atoms with Gasteiger partial charge in [0.1, 0.15) is 0 Å². The molecule has 0 unspecified atom stereocenters. The number of para-hydroxylation sites is 1. The fourth-order valence-electron chi connectivity index (χ4n) is 3.44. The minimum Gasteiger partial charge on any atom is -0.482 e. The van der Waals surface area contributed by atoms with Crippen LogP contribution in [0.5, 0.6) is 5.88 Å². The standard InChI is InChI=1S/C21H18N2O3/c1-22-19(26-2)12-16-20(22)15-10-6-7-11-17(15)23(21(16)25)13-18(24)14-8-4-3-5-9-14/h3-12H,13H2,1-2H3. The lowest BCUT2D eigenvalue weighted by molar-refractivity contribution is 0.0972. The Bertz CT molecular complexity index is 1190. The van der Waals surface area contributed by atoms with Crippen LogP contribution in [0.2, 0.25) is 0 Å². The summed E-state index contributed by atoms with van der Waals surface area (Å²) in [6, 6.07) is 18.4. The van der Waals surface area contributed by atoms with Crippen molar-refractivity contribution in [3.8, 4) is 5.88 Å². The van der Waals surface area contributed by atoms with Crippen molar-refractivity contribution in [2.75, 3.05) is 7.11 Å². The summed E-state index contributed by atoms with van der Waals surface area (Å²) in [6.07, 6.45) is 0. The quantitative estimate of drug-likeness (QED) is 0.532. The van der Waals surface area contributed by atoms with Crippen LogP contribution < -0.4 is 10.3 Å². The predicted octanol–water partition coefficient (Wildman–Crippen LogP) is 3.38. The number of methoxy groups -OCH3 is 1. The third-order valence-electron chi connectivity index (χ3n) is 4.72. The third kappa shape index (κ3) is 2.40. The fraction of sp³-hybridized carbons (Fsp3) is 0.143. The topological polar surface area (TPSA) is 53.2 Å². The van der Waals surface area contributed by atoms with E-state index in [4.69, 9.17) is 4.74 Å². The molecule has 0 amide bonds. The molecule has 26 heavy (non-hydrogen) atoms. The highest BCUT2D eigenvalue weighted by atomic mass is 16.5. The highest BCUT2D eigenvalue weighted by molar-refractivity contribution is 6.05. The van der Waals surface area contributed by atoms with Gasteiger partial charge in [-0.2, -0.15) is 0 Å². The molecule has 5 nitrogen and oxygen atoms in total. The SMILES string of the molecule is COc1cc2c(=O)n(CC(=O)c3ccccc3)c3ccccc3c2n1C. The van der Waals surface area contributed by atoms with Crippen molar-refractivity contribution in [2.24, 2.45) is 7.05 Å². The van der Waals surface area contributed by atoms with E-state index in [1.54, 1.807) is 29.9 Å². The molecule has 2 aromatic carbocycles. The molecule has 0 bridgehead atoms. The maximum absolute atomic E-state index is 13.1. The van der Waals surface area contributed by atoms with Crippen LogP contribution in [0.4, 0.5) is 0 Å². The molecule has 0 saturated heterocycles. The van der Waals surface area contributed by atoms with Crippen LogP contribution in [0.15, 0.2) is 65.5 Å². The van der Waals surface area contributed by atoms with Crippen LogP contribution in [0.3, 0.4) is 0 Å². The van der Waals surface area contributed by atoms with Crippen molar-refractivity contribution in [3.05, 3.63) is 76.6 Å². The Kier molecular flexibility index (Phi) is 3.84. The van der Waals surface area contributed by atoms with Gasteiger partial charge in [0, 0.05) is 24.1 Å². The zero-order chi connectivity index (χ0) is 18.3. The Morgan fingerprint density at radius 1 is 1.00 bits per heavy atom. The Morgan fingerprint density at radius 2 is 1.69 bits per heavy atom. The molecule has 0 aliphatic heterocycles. The van der Waals surface area contributed by atoms with Gasteiger partial charge in [-0.05, 0) is 6.07 Å². The summed E-state index contributed by atoms with van der Waals surface area (Å²) in [5, 5.41) is 1.46. The summed E-state index contributed by atoms with van der Waals surface area (Å²) in [7, 11) is 3.44. The smallest absolute Gasteiger partial charge is 0.261 e. The van der Waals surface area contributed by atoms with Crippen molar-refractivity contribution in [2.45, 2.75) is 6.54 Å². The first-order chi connectivity index (χ1) is 12.6. The van der Waals surface area contributed by atoms with Gasteiger partial charge in [0.2, 0.25) is 0 Å². The Morgan fingerprint density at radius 3 is 2.42 bits per heavy atom. The average molecular weight is 346 g/mol. The van der Waals surface area contributed by atoms with Gasteiger partial charge in [-0.1, -0.05) is 48.5 Å². The first kappa shape index (κ1) is 16.1. The third-order valence-corrected chi connectivity index (χ3v) is 4.72. The Hall–Kier alpha value is -3.34. The Labute approximate surface area is 150 Å². The monoisotopic (exact) mass is 346 g/mol. The maximum Gasteiger partial charge on any atom is 0.261 e. The van der Waals surface area contributed by atoms with Gasteiger partial charge in [0.25, 0.3) is 5.56 Å². The van der Waals surface area contributed by atoms with Gasteiger partial charge in [-0.3, -0.25) is 14.2 Å². The van der Waals surface area contributed by atoms with E-state index < -0.39 is 0 Å². The number of benzene rings is 2. The second kappa shape index (κ2) is 6.19. The minimum absolute atomic E-state index is 0.00346. The largest absolute Gasteiger partial charge is 0.482 e. The van der Waals surface area contributed by atoms with E-state index in [9.17, 15) is 9.59 Å². The van der Waals surface area contributed by atoms with Crippen LogP contribution in [0, 0.1) is 0 Å². The molecule has 2 heterocycles. The summed E-state index contributed by atoms with van der Waals surface area (Å²) < 4.78 is 8.78. The summed E-state index contributed by atoms with van der Waals surface area (Å²) in [6.45, 7) is -0.00346. The minimum atomic E-state index is -0.193. The molecule has 0 aliphatic rings. The zero-order valence-corrected chi connectivity index (χ0v) is 14.6. The van der Waals surface area contributed by atoms with Crippen LogP contribution in [-0.4, -0.2) is 22.0 Å². The van der Waals surface area contributed by atoms with E-state index in [0.717, 1.165) is 16.4 Å². The van der Waals surface area contributed by atoms with Crippen LogP contribution in [-0.2, 0) is 13.6 Å². The number of hydrogen-bond acceptors (Lipinski definition) is 3. The van der Waals surface area contributed by atoms with Gasteiger partial charge < -0.3 is 9.30 Å². The van der Waals surface area contributed by atoms with Gasteiger partial charge >= 0.3 is 0 Å². The number of carbonyl (C=O) groups is 1. The molecule has 2 aromatic heterocycles. The number of aryl methyl sites for hydroxylation is 1. The maximum atomic E-state index is 13.1. The predicted molar refractivity (Wildman–Crippen MR) is 102 cm³/mol. The van der Waals surface area contributed by atoms with Gasteiger partial charge in [0.15, 0.2) is 11.7 Å². The van der Waals surface area contributed by atoms with Gasteiger partial charge in [-0.25, -0.2) is 0 Å². The van der Waals surface area contributed by atoms with Gasteiger partial charge in [0.05, 0.1) is 30.1 Å². The molecule has 130 valence electrons. The lowest BCUT2D eigenvalue weighted by Gasteiger charge is -2.12. The molecular formula is C21H18N2O3. The van der Waals surface area contributed by atoms with E-state index in [1.807, 2.05) is 54.1 Å². The number of ketones is 1. The zero-order valence-electron chi connectivity index (χ0n) is 14.6. The number of Topliss-reactive ketones (excluding diaryl/α,β-unsaturated/α-hetero) is 1. The van der Waals surface area contributed by atoms with Crippen LogP contribution >= 0.6 is 0 Å². The number of nitrogens with zero attached hydrogens (tertiary/aromatic N) is 2. The molecule has 0 N–H and O–H groups in total. The molecule has 0 spiro atoms. The lowest BCUT2D eigenvalue weighted by atomic mass is 10.1. The van der Waals surface area contributed by atoms with Crippen molar-refractivity contribution in [1.29, 1.82) is 0 Å². The molecule has 0 atom stereocenters. The summed E-state index contributed by atoms with van der Waals surface area (Å²) in [5.74, 6) is 0.509. The van der Waals surface area contributed by atoms with Crippen molar-refractivity contribution >= 4 is 27.6 Å². The van der Waals surface area contributed by atoms with E-state index >= 15 is 0 Å². The van der Waals surface area contributed by atoms with Gasteiger partial charge in [-0.15, -0.1) is 0 Å². The first-order valence-corrected chi connectivity index (χ1v) is 8.35. The van der Waals surface area contributed by atoms with E-state index in [-0.39, 0.29) is 17.9 Å². The van der Waals surface area contributed by atoms with E-state index in [1.165, 1.54) is 0 Å². The molecule has 0 fully saturated rings. The number of ether oxygens (including phenoxy) is 1. The molecule has 4 aromatic rings. The molecule has 0 saturated carbocycles. The molecule has 5 heteroatoms. The van der Waals surface area contributed by atoms with Crippen molar-refractivity contribution in [1.82, 2.24) is 9.13 Å². The van der Waals surface area contributed by atoms with Crippen LogP contribution in [0.25, 0.3) is 21.8 Å². The van der Waals surface area contributed by atoms with Crippen LogP contribution in [0.1, 0.15) is 10.4 Å². The highest BCUT2D eigenvalue weighted by Gasteiger charge is 2.18. The number of pyridine rings is 1. The van der Waals surface area contributed by atoms with Crippen molar-refractivity contribution in [3.63, 3.8) is 0 Å². The second-order valence-electron chi connectivity index (χ2n) is 6.21. The molecule has 0 radical (unpaired) electrons. The second-order valence-corrected chi connectivity index (χ2v) is 6.21. The number of hydrogen-bond donors (Lipinski definition) is 0. The normalized spacial score (nSPS) is 11.2. The number of aromatic nitrogens is 2. The highest BCUT2D eigenvalue weighted by Crippen LogP contribution is 2.28. The summed E-state index contributed by atoms with van der Waals surface area (Å²) >= 11 is 0. The first-order valence-electron chi connectivity index (χ1n) is 8.35. The number of rotatable bonds is 4. The fourth-order valence-corrected chi connectivity index (χ4v) is 3.44. The Balaban J connectivity index is 1.98. The molecular weight excluding hydrogens is 328 g/mol. The van der Waals surface area contributed by atoms with E-state index in [2.05, 4.69) is 0 Å². The molecule has 4 rings (SSSR count).